The highest BCUT2D eigenvalue weighted by Gasteiger charge is 2.49. The predicted octanol–water partition coefficient (Wildman–Crippen LogP) is 2.31. The van der Waals surface area contributed by atoms with Gasteiger partial charge in [-0.3, -0.25) is 4.79 Å². The molecule has 2 saturated heterocycles. The molecule has 2 aliphatic rings. The number of nitrogens with two attached hydrogens (primary N) is 1. The van der Waals surface area contributed by atoms with Gasteiger partial charge >= 0.3 is 12.1 Å². The number of fused-ring (bicyclic) bond motifs is 1. The summed E-state index contributed by atoms with van der Waals surface area (Å²) < 4.78 is 5.36. The molecule has 140 valence electrons. The smallest absolute Gasteiger partial charge is 0.410 e. The lowest BCUT2D eigenvalue weighted by atomic mass is 10.2. The van der Waals surface area contributed by atoms with Crippen molar-refractivity contribution in [3.63, 3.8) is 0 Å². The molecule has 1 aromatic rings. The number of piperazine rings is 1. The summed E-state index contributed by atoms with van der Waals surface area (Å²) in [7, 11) is 0. The van der Waals surface area contributed by atoms with Crippen LogP contribution in [0.3, 0.4) is 0 Å². The molecular formula is C17H21ClN4O4. The largest absolute Gasteiger partial charge is 0.444 e. The highest BCUT2D eigenvalue weighted by atomic mass is 35.5. The van der Waals surface area contributed by atoms with E-state index < -0.39 is 29.7 Å². The summed E-state index contributed by atoms with van der Waals surface area (Å²) in [5.41, 5.74) is 5.76. The summed E-state index contributed by atoms with van der Waals surface area (Å²) in [4.78, 5) is 41.8. The van der Waals surface area contributed by atoms with Crippen LogP contribution in [0.2, 0.25) is 5.02 Å². The van der Waals surface area contributed by atoms with Crippen molar-refractivity contribution in [2.24, 2.45) is 0 Å². The number of imide groups is 1. The lowest BCUT2D eigenvalue weighted by molar-refractivity contribution is -0.120. The summed E-state index contributed by atoms with van der Waals surface area (Å²) >= 11 is 6.16. The summed E-state index contributed by atoms with van der Waals surface area (Å²) in [6.45, 7) is 5.95. The molecule has 8 nitrogen and oxygen atoms in total. The minimum Gasteiger partial charge on any atom is -0.444 e. The van der Waals surface area contributed by atoms with Crippen LogP contribution in [0.5, 0.6) is 0 Å². The second-order valence-corrected chi connectivity index (χ2v) is 7.71. The van der Waals surface area contributed by atoms with Crippen molar-refractivity contribution >= 4 is 41.0 Å². The average molecular weight is 381 g/mol. The minimum atomic E-state index is -0.752. The van der Waals surface area contributed by atoms with Crippen molar-refractivity contribution in [3.05, 3.63) is 23.2 Å². The van der Waals surface area contributed by atoms with Gasteiger partial charge in [0.05, 0.1) is 17.3 Å². The van der Waals surface area contributed by atoms with Gasteiger partial charge in [-0.15, -0.1) is 0 Å². The molecule has 1 aromatic carbocycles. The van der Waals surface area contributed by atoms with Crippen LogP contribution in [-0.4, -0.2) is 59.1 Å². The van der Waals surface area contributed by atoms with Crippen LogP contribution < -0.4 is 10.6 Å². The summed E-state index contributed by atoms with van der Waals surface area (Å²) in [5.74, 6) is -0.421. The van der Waals surface area contributed by atoms with Gasteiger partial charge < -0.3 is 20.3 Å². The van der Waals surface area contributed by atoms with Gasteiger partial charge in [-0.05, 0) is 39.0 Å². The van der Waals surface area contributed by atoms with E-state index in [-0.39, 0.29) is 23.8 Å². The fourth-order valence-corrected chi connectivity index (χ4v) is 3.29. The Morgan fingerprint density at radius 2 is 1.96 bits per heavy atom. The van der Waals surface area contributed by atoms with Crippen molar-refractivity contribution in [2.45, 2.75) is 32.4 Å². The molecule has 26 heavy (non-hydrogen) atoms. The standard InChI is InChI=1S/C17H21ClN4O4/c1-17(2,3)26-16(25)20-6-7-21-13(9-20)14(23)22(15(21)24)12-5-4-10(19)8-11(12)18/h4-5,8,13H,6-7,9,19H2,1-3H3. The van der Waals surface area contributed by atoms with E-state index in [2.05, 4.69) is 0 Å². The number of carbonyl (C=O) groups is 3. The number of urea groups is 1. The molecule has 0 radical (unpaired) electrons. The molecule has 0 aliphatic carbocycles. The quantitative estimate of drug-likeness (QED) is 0.595. The number of anilines is 2. The van der Waals surface area contributed by atoms with Crippen LogP contribution in [0.15, 0.2) is 18.2 Å². The molecule has 9 heteroatoms. The van der Waals surface area contributed by atoms with Crippen LogP contribution in [-0.2, 0) is 9.53 Å². The first-order chi connectivity index (χ1) is 12.1. The number of nitrogen functional groups attached to an aromatic ring is 1. The Balaban J connectivity index is 1.81. The zero-order chi connectivity index (χ0) is 19.2. The zero-order valence-electron chi connectivity index (χ0n) is 14.9. The number of hydrogen-bond donors (Lipinski definition) is 1. The van der Waals surface area contributed by atoms with E-state index in [4.69, 9.17) is 22.1 Å². The Kier molecular flexibility index (Phi) is 4.47. The first-order valence-corrected chi connectivity index (χ1v) is 8.64. The van der Waals surface area contributed by atoms with E-state index in [1.807, 2.05) is 0 Å². The predicted molar refractivity (Wildman–Crippen MR) is 97.0 cm³/mol. The van der Waals surface area contributed by atoms with Gasteiger partial charge in [0.1, 0.15) is 11.6 Å². The molecule has 0 bridgehead atoms. The Morgan fingerprint density at radius 1 is 1.27 bits per heavy atom. The molecule has 0 saturated carbocycles. The van der Waals surface area contributed by atoms with E-state index in [0.29, 0.717) is 12.2 Å². The molecule has 2 aliphatic heterocycles. The van der Waals surface area contributed by atoms with Crippen LogP contribution >= 0.6 is 11.6 Å². The zero-order valence-corrected chi connectivity index (χ0v) is 15.6. The normalized spacial score (nSPS) is 20.5. The fraction of sp³-hybridized carbons (Fsp3) is 0.471. The van der Waals surface area contributed by atoms with Crippen LogP contribution in [0.4, 0.5) is 21.0 Å². The van der Waals surface area contributed by atoms with E-state index in [1.54, 1.807) is 26.8 Å². The SMILES string of the molecule is CC(C)(C)OC(=O)N1CCN2C(=O)N(c3ccc(N)cc3Cl)C(=O)C2C1. The monoisotopic (exact) mass is 380 g/mol. The molecule has 2 N–H and O–H groups in total. The van der Waals surface area contributed by atoms with Gasteiger partial charge in [-0.2, -0.15) is 0 Å². The Bertz CT molecular complexity index is 777. The second kappa shape index (κ2) is 6.35. The highest BCUT2D eigenvalue weighted by Crippen LogP contribution is 2.34. The lowest BCUT2D eigenvalue weighted by Crippen LogP contribution is -2.55. The fourth-order valence-electron chi connectivity index (χ4n) is 3.01. The van der Waals surface area contributed by atoms with Crippen molar-refractivity contribution in [2.75, 3.05) is 30.3 Å². The van der Waals surface area contributed by atoms with Crippen LogP contribution in [0.25, 0.3) is 0 Å². The molecule has 0 aromatic heterocycles. The number of rotatable bonds is 1. The van der Waals surface area contributed by atoms with E-state index in [1.165, 1.54) is 21.9 Å². The third kappa shape index (κ3) is 3.29. The van der Waals surface area contributed by atoms with Gasteiger partial charge in [0, 0.05) is 18.8 Å². The van der Waals surface area contributed by atoms with Gasteiger partial charge in [-0.25, -0.2) is 14.5 Å². The third-order valence-electron chi connectivity index (χ3n) is 4.19. The first kappa shape index (κ1) is 18.3. The number of nitrogens with zero attached hydrogens (tertiary/aromatic N) is 3. The maximum absolute atomic E-state index is 12.8. The van der Waals surface area contributed by atoms with Crippen LogP contribution in [0, 0.1) is 0 Å². The molecule has 2 heterocycles. The topological polar surface area (TPSA) is 96.2 Å². The molecule has 2 fully saturated rings. The molecule has 1 atom stereocenters. The van der Waals surface area contributed by atoms with Crippen molar-refractivity contribution < 1.29 is 19.1 Å². The van der Waals surface area contributed by atoms with Gasteiger partial charge in [0.25, 0.3) is 5.91 Å². The van der Waals surface area contributed by atoms with Crippen LogP contribution in [0.1, 0.15) is 20.8 Å². The lowest BCUT2D eigenvalue weighted by Gasteiger charge is -2.36. The molecule has 4 amide bonds. The first-order valence-electron chi connectivity index (χ1n) is 8.26. The summed E-state index contributed by atoms with van der Waals surface area (Å²) in [6, 6.07) is 3.40. The Hall–Kier alpha value is -2.48. The molecule has 3 rings (SSSR count). The van der Waals surface area contributed by atoms with E-state index >= 15 is 0 Å². The van der Waals surface area contributed by atoms with Gasteiger partial charge in [0.15, 0.2) is 0 Å². The van der Waals surface area contributed by atoms with Crippen molar-refractivity contribution in [1.29, 1.82) is 0 Å². The minimum absolute atomic E-state index is 0.0859. The Morgan fingerprint density at radius 3 is 2.58 bits per heavy atom. The number of carbonyl (C=O) groups excluding carboxylic acids is 3. The van der Waals surface area contributed by atoms with Crippen molar-refractivity contribution in [1.82, 2.24) is 9.80 Å². The van der Waals surface area contributed by atoms with Gasteiger partial charge in [0.2, 0.25) is 0 Å². The summed E-state index contributed by atoms with van der Waals surface area (Å²) in [6.07, 6.45) is -0.499. The highest BCUT2D eigenvalue weighted by molar-refractivity contribution is 6.36. The van der Waals surface area contributed by atoms with Crippen molar-refractivity contribution in [3.8, 4) is 0 Å². The maximum atomic E-state index is 12.8. The number of hydrogen-bond acceptors (Lipinski definition) is 5. The third-order valence-corrected chi connectivity index (χ3v) is 4.49. The number of amides is 4. The maximum Gasteiger partial charge on any atom is 0.410 e. The van der Waals surface area contributed by atoms with E-state index in [9.17, 15) is 14.4 Å². The number of ether oxygens (including phenoxy) is 1. The number of halogens is 1. The molecule has 0 spiro atoms. The molecular weight excluding hydrogens is 360 g/mol. The molecule has 1 unspecified atom stereocenters. The second-order valence-electron chi connectivity index (χ2n) is 7.30. The number of benzene rings is 1. The Labute approximate surface area is 156 Å². The van der Waals surface area contributed by atoms with Gasteiger partial charge in [-0.1, -0.05) is 11.6 Å². The average Bonchev–Trinajstić information content (AvgIpc) is 2.77. The van der Waals surface area contributed by atoms with E-state index in [0.717, 1.165) is 4.90 Å². The summed E-state index contributed by atoms with van der Waals surface area (Å²) in [5, 5.41) is 0.218.